The molecule has 1 rings (SSSR count). The fourth-order valence-electron chi connectivity index (χ4n) is 1.94. The molecule has 1 unspecified atom stereocenters. The Bertz CT molecular complexity index is 167. The van der Waals surface area contributed by atoms with E-state index in [1.165, 1.54) is 12.8 Å². The fraction of sp³-hybridized carbons (Fsp3) is 1.00. The molecule has 0 saturated heterocycles. The molecule has 0 aromatic carbocycles. The summed E-state index contributed by atoms with van der Waals surface area (Å²) in [4.78, 5) is 0. The lowest BCUT2D eigenvalue weighted by Crippen LogP contribution is -2.50. The van der Waals surface area contributed by atoms with Crippen LogP contribution in [0.1, 0.15) is 54.4 Å². The molecule has 0 heterocycles. The van der Waals surface area contributed by atoms with E-state index in [0.29, 0.717) is 11.5 Å². The third kappa shape index (κ3) is 3.68. The zero-order valence-electron chi connectivity index (χ0n) is 10.1. The molecule has 1 aliphatic rings. The van der Waals surface area contributed by atoms with Gasteiger partial charge in [-0.25, -0.2) is 0 Å². The molecule has 0 aromatic heterocycles. The quantitative estimate of drug-likeness (QED) is 0.693. The van der Waals surface area contributed by atoms with Crippen molar-refractivity contribution < 1.29 is 0 Å². The minimum absolute atomic E-state index is 0.251. The lowest BCUT2D eigenvalue weighted by atomic mass is 9.82. The first-order valence-electron chi connectivity index (χ1n) is 5.48. The summed E-state index contributed by atoms with van der Waals surface area (Å²) in [5, 5.41) is 3.76. The van der Waals surface area contributed by atoms with E-state index < -0.39 is 0 Å². The average molecular weight is 183 g/mol. The Kier molecular flexibility index (Phi) is 2.78. The molecule has 0 aliphatic heterocycles. The largest absolute Gasteiger partial charge is 0.309 e. The van der Waals surface area contributed by atoms with E-state index in [1.54, 1.807) is 0 Å². The second-order valence-corrected chi connectivity index (χ2v) is 6.58. The van der Waals surface area contributed by atoms with Gasteiger partial charge in [-0.2, -0.15) is 0 Å². The van der Waals surface area contributed by atoms with Crippen molar-refractivity contribution in [1.82, 2.24) is 5.32 Å². The number of hydrogen-bond acceptors (Lipinski definition) is 1. The fourth-order valence-corrected chi connectivity index (χ4v) is 1.94. The smallest absolute Gasteiger partial charge is 0.0149 e. The molecule has 13 heavy (non-hydrogen) atoms. The van der Waals surface area contributed by atoms with Gasteiger partial charge < -0.3 is 5.32 Å². The van der Waals surface area contributed by atoms with E-state index in [9.17, 15) is 0 Å². The van der Waals surface area contributed by atoms with Gasteiger partial charge in [0.25, 0.3) is 0 Å². The van der Waals surface area contributed by atoms with Gasteiger partial charge in [-0.1, -0.05) is 20.8 Å². The molecule has 0 spiro atoms. The summed E-state index contributed by atoms with van der Waals surface area (Å²) >= 11 is 0. The minimum Gasteiger partial charge on any atom is -0.309 e. The maximum absolute atomic E-state index is 3.76. The molecule has 1 nitrogen and oxygen atoms in total. The molecular weight excluding hydrogens is 158 g/mol. The Morgan fingerprint density at radius 1 is 1.00 bits per heavy atom. The van der Waals surface area contributed by atoms with Crippen molar-refractivity contribution in [2.75, 3.05) is 0 Å². The second kappa shape index (κ2) is 3.27. The molecule has 1 N–H and O–H groups in total. The highest BCUT2D eigenvalue weighted by atomic mass is 15.0. The SMILES string of the molecule is CC(C)(C)NC(C1CC1)C(C)(C)C. The van der Waals surface area contributed by atoms with Gasteiger partial charge in [0.2, 0.25) is 0 Å². The normalized spacial score (nSPS) is 21.7. The molecule has 78 valence electrons. The van der Waals surface area contributed by atoms with Crippen LogP contribution in [0.3, 0.4) is 0 Å². The van der Waals surface area contributed by atoms with Crippen molar-refractivity contribution in [3.8, 4) is 0 Å². The molecule has 1 heteroatoms. The third-order valence-corrected chi connectivity index (χ3v) is 2.61. The molecule has 1 aliphatic carbocycles. The van der Waals surface area contributed by atoms with Crippen LogP contribution in [-0.4, -0.2) is 11.6 Å². The van der Waals surface area contributed by atoms with Gasteiger partial charge in [0.15, 0.2) is 0 Å². The van der Waals surface area contributed by atoms with Crippen LogP contribution in [0.25, 0.3) is 0 Å². The molecule has 0 bridgehead atoms. The van der Waals surface area contributed by atoms with E-state index in [1.807, 2.05) is 0 Å². The average Bonchev–Trinajstić information content (AvgIpc) is 2.58. The van der Waals surface area contributed by atoms with Crippen molar-refractivity contribution >= 4 is 0 Å². The Morgan fingerprint density at radius 3 is 1.69 bits per heavy atom. The summed E-state index contributed by atoms with van der Waals surface area (Å²) in [5.41, 5.74) is 0.648. The van der Waals surface area contributed by atoms with Gasteiger partial charge in [0, 0.05) is 11.6 Å². The summed E-state index contributed by atoms with van der Waals surface area (Å²) in [7, 11) is 0. The summed E-state index contributed by atoms with van der Waals surface area (Å²) < 4.78 is 0. The van der Waals surface area contributed by atoms with Crippen LogP contribution in [0.5, 0.6) is 0 Å². The Hall–Kier alpha value is -0.0400. The summed E-state index contributed by atoms with van der Waals surface area (Å²) in [6.07, 6.45) is 2.84. The van der Waals surface area contributed by atoms with Gasteiger partial charge in [0.05, 0.1) is 0 Å². The summed E-state index contributed by atoms with van der Waals surface area (Å²) in [6.45, 7) is 13.8. The maximum Gasteiger partial charge on any atom is 0.0149 e. The van der Waals surface area contributed by atoms with Crippen LogP contribution in [0.2, 0.25) is 0 Å². The predicted octanol–water partition coefficient (Wildman–Crippen LogP) is 3.20. The Labute approximate surface area is 83.3 Å². The molecule has 1 fully saturated rings. The van der Waals surface area contributed by atoms with Gasteiger partial charge in [-0.05, 0) is 44.9 Å². The molecule has 0 aromatic rings. The van der Waals surface area contributed by atoms with E-state index in [-0.39, 0.29) is 5.54 Å². The number of nitrogens with one attached hydrogen (secondary N) is 1. The lowest BCUT2D eigenvalue weighted by Gasteiger charge is -2.37. The zero-order chi connectivity index (χ0) is 10.3. The third-order valence-electron chi connectivity index (χ3n) is 2.61. The number of hydrogen-bond donors (Lipinski definition) is 1. The standard InChI is InChI=1S/C12H25N/c1-11(2,3)10(9-7-8-9)13-12(4,5)6/h9-10,13H,7-8H2,1-6H3. The molecule has 1 saturated carbocycles. The van der Waals surface area contributed by atoms with Crippen molar-refractivity contribution in [1.29, 1.82) is 0 Å². The topological polar surface area (TPSA) is 12.0 Å². The molecular formula is C12H25N. The van der Waals surface area contributed by atoms with Gasteiger partial charge >= 0.3 is 0 Å². The monoisotopic (exact) mass is 183 g/mol. The van der Waals surface area contributed by atoms with Gasteiger partial charge in [0.1, 0.15) is 0 Å². The summed E-state index contributed by atoms with van der Waals surface area (Å²) in [5.74, 6) is 0.930. The molecule has 1 atom stereocenters. The number of rotatable bonds is 2. The minimum atomic E-state index is 0.251. The van der Waals surface area contributed by atoms with Crippen LogP contribution >= 0.6 is 0 Å². The Morgan fingerprint density at radius 2 is 1.46 bits per heavy atom. The van der Waals surface area contributed by atoms with Gasteiger partial charge in [-0.3, -0.25) is 0 Å². The van der Waals surface area contributed by atoms with E-state index in [0.717, 1.165) is 5.92 Å². The highest BCUT2D eigenvalue weighted by Gasteiger charge is 2.39. The Balaban J connectivity index is 2.58. The maximum atomic E-state index is 3.76. The van der Waals surface area contributed by atoms with E-state index >= 15 is 0 Å². The predicted molar refractivity (Wildman–Crippen MR) is 58.9 cm³/mol. The van der Waals surface area contributed by atoms with Gasteiger partial charge in [-0.15, -0.1) is 0 Å². The second-order valence-electron chi connectivity index (χ2n) is 6.58. The molecule has 0 amide bonds. The zero-order valence-corrected chi connectivity index (χ0v) is 10.1. The lowest BCUT2D eigenvalue weighted by molar-refractivity contribution is 0.197. The van der Waals surface area contributed by atoms with Crippen LogP contribution in [0, 0.1) is 11.3 Å². The van der Waals surface area contributed by atoms with Crippen LogP contribution in [0.4, 0.5) is 0 Å². The van der Waals surface area contributed by atoms with Crippen LogP contribution < -0.4 is 5.32 Å². The summed E-state index contributed by atoms with van der Waals surface area (Å²) in [6, 6.07) is 0.687. The van der Waals surface area contributed by atoms with Crippen molar-refractivity contribution in [2.45, 2.75) is 66.0 Å². The molecule has 0 radical (unpaired) electrons. The van der Waals surface area contributed by atoms with Crippen molar-refractivity contribution in [3.63, 3.8) is 0 Å². The first-order chi connectivity index (χ1) is 5.70. The highest BCUT2D eigenvalue weighted by Crippen LogP contribution is 2.41. The first-order valence-corrected chi connectivity index (χ1v) is 5.48. The van der Waals surface area contributed by atoms with Crippen molar-refractivity contribution in [2.24, 2.45) is 11.3 Å². The highest BCUT2D eigenvalue weighted by molar-refractivity contribution is 4.96. The first kappa shape index (κ1) is 11.0. The van der Waals surface area contributed by atoms with Crippen LogP contribution in [0.15, 0.2) is 0 Å². The van der Waals surface area contributed by atoms with Crippen molar-refractivity contribution in [3.05, 3.63) is 0 Å². The van der Waals surface area contributed by atoms with E-state index in [2.05, 4.69) is 46.9 Å². The van der Waals surface area contributed by atoms with Crippen LogP contribution in [-0.2, 0) is 0 Å². The van der Waals surface area contributed by atoms with E-state index in [4.69, 9.17) is 0 Å².